The van der Waals surface area contributed by atoms with E-state index in [1.807, 2.05) is 0 Å². The highest BCUT2D eigenvalue weighted by molar-refractivity contribution is 9.10. The van der Waals surface area contributed by atoms with Gasteiger partial charge in [-0.2, -0.15) is 0 Å². The molecule has 0 atom stereocenters. The van der Waals surface area contributed by atoms with Crippen molar-refractivity contribution in [3.05, 3.63) is 39.3 Å². The molecule has 0 amide bonds. The second-order valence-corrected chi connectivity index (χ2v) is 4.37. The third-order valence-corrected chi connectivity index (χ3v) is 2.71. The Morgan fingerprint density at radius 2 is 2.31 bits per heavy atom. The Labute approximate surface area is 107 Å². The number of hydrogen-bond donors (Lipinski definition) is 1. The van der Waals surface area contributed by atoms with Crippen molar-refractivity contribution >= 4 is 33.5 Å². The molecule has 0 saturated heterocycles. The lowest BCUT2D eigenvalue weighted by molar-refractivity contribution is -0.132. The van der Waals surface area contributed by atoms with Crippen molar-refractivity contribution in [2.45, 2.75) is 6.92 Å². The van der Waals surface area contributed by atoms with E-state index in [-0.39, 0.29) is 12.2 Å². The van der Waals surface area contributed by atoms with Crippen LogP contribution in [0.3, 0.4) is 0 Å². The van der Waals surface area contributed by atoms with Crippen LogP contribution < -0.4 is 4.74 Å². The van der Waals surface area contributed by atoms with Gasteiger partial charge in [0.2, 0.25) is 0 Å². The van der Waals surface area contributed by atoms with E-state index in [0.29, 0.717) is 10.8 Å². The molecular formula is C11H10BrClO3. The third-order valence-electron chi connectivity index (χ3n) is 1.86. The van der Waals surface area contributed by atoms with Crippen LogP contribution >= 0.6 is 27.5 Å². The fourth-order valence-electron chi connectivity index (χ4n) is 0.936. The molecule has 0 saturated carbocycles. The van der Waals surface area contributed by atoms with Gasteiger partial charge in [-0.3, -0.25) is 0 Å². The Hall–Kier alpha value is -1.00. The molecule has 0 aromatic heterocycles. The first-order chi connectivity index (χ1) is 7.50. The van der Waals surface area contributed by atoms with Gasteiger partial charge in [0.1, 0.15) is 12.4 Å². The summed E-state index contributed by atoms with van der Waals surface area (Å²) in [7, 11) is 0. The molecule has 1 rings (SSSR count). The van der Waals surface area contributed by atoms with Crippen LogP contribution in [-0.4, -0.2) is 17.7 Å². The summed E-state index contributed by atoms with van der Waals surface area (Å²) in [6.07, 6.45) is 1.50. The van der Waals surface area contributed by atoms with Crippen LogP contribution in [0.2, 0.25) is 5.02 Å². The average molecular weight is 306 g/mol. The van der Waals surface area contributed by atoms with E-state index in [1.54, 1.807) is 18.2 Å². The quantitative estimate of drug-likeness (QED) is 0.866. The lowest BCUT2D eigenvalue weighted by Crippen LogP contribution is -2.01. The molecule has 1 N–H and O–H groups in total. The van der Waals surface area contributed by atoms with Crippen LogP contribution in [0.5, 0.6) is 5.75 Å². The molecule has 5 heteroatoms. The normalized spacial score (nSPS) is 11.3. The van der Waals surface area contributed by atoms with Crippen molar-refractivity contribution in [3.8, 4) is 5.75 Å². The predicted octanol–water partition coefficient (Wildman–Crippen LogP) is 3.51. The maximum Gasteiger partial charge on any atom is 0.331 e. The molecule has 0 heterocycles. The molecule has 86 valence electrons. The molecule has 0 aliphatic carbocycles. The monoisotopic (exact) mass is 304 g/mol. The van der Waals surface area contributed by atoms with Gasteiger partial charge in [-0.1, -0.05) is 11.6 Å². The maximum atomic E-state index is 10.5. The lowest BCUT2D eigenvalue weighted by Gasteiger charge is -2.06. The highest BCUT2D eigenvalue weighted by Gasteiger charge is 2.02. The molecule has 0 fully saturated rings. The summed E-state index contributed by atoms with van der Waals surface area (Å²) in [4.78, 5) is 10.5. The van der Waals surface area contributed by atoms with Crippen LogP contribution in [0.4, 0.5) is 0 Å². The van der Waals surface area contributed by atoms with Gasteiger partial charge < -0.3 is 9.84 Å². The molecule has 0 aliphatic rings. The first-order valence-corrected chi connectivity index (χ1v) is 5.65. The van der Waals surface area contributed by atoms with Crippen LogP contribution in [0, 0.1) is 0 Å². The van der Waals surface area contributed by atoms with Crippen LogP contribution in [0.1, 0.15) is 6.92 Å². The summed E-state index contributed by atoms with van der Waals surface area (Å²) in [6, 6.07) is 5.14. The van der Waals surface area contributed by atoms with Gasteiger partial charge in [0, 0.05) is 10.6 Å². The molecule has 0 radical (unpaired) electrons. The van der Waals surface area contributed by atoms with Gasteiger partial charge in [0.05, 0.1) is 4.47 Å². The Bertz CT molecular complexity index is 429. The van der Waals surface area contributed by atoms with E-state index in [0.717, 1.165) is 4.47 Å². The number of carbonyl (C=O) groups is 1. The summed E-state index contributed by atoms with van der Waals surface area (Å²) >= 11 is 9.06. The van der Waals surface area contributed by atoms with Gasteiger partial charge >= 0.3 is 5.97 Å². The molecule has 0 bridgehead atoms. The van der Waals surface area contributed by atoms with Gasteiger partial charge in [-0.15, -0.1) is 0 Å². The van der Waals surface area contributed by atoms with Gasteiger partial charge in [-0.25, -0.2) is 4.79 Å². The maximum absolute atomic E-state index is 10.5. The minimum absolute atomic E-state index is 0.207. The Morgan fingerprint density at radius 3 is 2.88 bits per heavy atom. The van der Waals surface area contributed by atoms with Crippen molar-refractivity contribution in [1.29, 1.82) is 0 Å². The highest BCUT2D eigenvalue weighted by atomic mass is 79.9. The molecule has 0 spiro atoms. The number of benzene rings is 1. The second kappa shape index (κ2) is 5.92. The van der Waals surface area contributed by atoms with Crippen LogP contribution in [0.15, 0.2) is 34.3 Å². The van der Waals surface area contributed by atoms with Crippen LogP contribution in [0.25, 0.3) is 0 Å². The summed E-state index contributed by atoms with van der Waals surface area (Å²) < 4.78 is 6.10. The van der Waals surface area contributed by atoms with Crippen molar-refractivity contribution in [2.75, 3.05) is 6.61 Å². The highest BCUT2D eigenvalue weighted by Crippen LogP contribution is 2.27. The number of hydrogen-bond acceptors (Lipinski definition) is 2. The first kappa shape index (κ1) is 13.1. The number of aliphatic carboxylic acids is 1. The van der Waals surface area contributed by atoms with E-state index >= 15 is 0 Å². The fraction of sp³-hybridized carbons (Fsp3) is 0.182. The summed E-state index contributed by atoms with van der Waals surface area (Å²) in [5.74, 6) is -0.322. The van der Waals surface area contributed by atoms with Gasteiger partial charge in [-0.05, 0) is 47.1 Å². The number of carboxylic acid groups (broad SMARTS) is 1. The molecule has 0 aliphatic heterocycles. The number of halogens is 2. The number of carboxylic acids is 1. The smallest absolute Gasteiger partial charge is 0.331 e. The minimum atomic E-state index is -0.946. The Morgan fingerprint density at radius 1 is 1.62 bits per heavy atom. The van der Waals surface area contributed by atoms with E-state index in [2.05, 4.69) is 15.9 Å². The zero-order chi connectivity index (χ0) is 12.1. The van der Waals surface area contributed by atoms with Gasteiger partial charge in [0.15, 0.2) is 0 Å². The van der Waals surface area contributed by atoms with E-state index < -0.39 is 5.97 Å². The molecule has 1 aromatic rings. The number of rotatable bonds is 4. The standard InChI is InChI=1S/C11H10BrClO3/c1-7(11(14)15)4-5-16-10-3-2-8(13)6-9(10)12/h2-4,6H,5H2,1H3,(H,14,15). The molecule has 1 aromatic carbocycles. The predicted molar refractivity (Wildman–Crippen MR) is 66.0 cm³/mol. The van der Waals surface area contributed by atoms with Crippen molar-refractivity contribution in [1.82, 2.24) is 0 Å². The SMILES string of the molecule is CC(=CCOc1ccc(Cl)cc1Br)C(=O)O. The van der Waals surface area contributed by atoms with E-state index in [4.69, 9.17) is 21.4 Å². The minimum Gasteiger partial charge on any atom is -0.488 e. The van der Waals surface area contributed by atoms with Crippen LogP contribution in [-0.2, 0) is 4.79 Å². The molecule has 16 heavy (non-hydrogen) atoms. The molecule has 3 nitrogen and oxygen atoms in total. The summed E-state index contributed by atoms with van der Waals surface area (Å²) in [5, 5.41) is 9.23. The number of ether oxygens (including phenoxy) is 1. The Kier molecular flexibility index (Phi) is 4.83. The summed E-state index contributed by atoms with van der Waals surface area (Å²) in [6.45, 7) is 1.72. The molecular weight excluding hydrogens is 295 g/mol. The molecule has 0 unspecified atom stereocenters. The second-order valence-electron chi connectivity index (χ2n) is 3.08. The largest absolute Gasteiger partial charge is 0.488 e. The van der Waals surface area contributed by atoms with Crippen molar-refractivity contribution < 1.29 is 14.6 Å². The Balaban J connectivity index is 2.62. The zero-order valence-electron chi connectivity index (χ0n) is 8.54. The lowest BCUT2D eigenvalue weighted by atomic mass is 10.3. The topological polar surface area (TPSA) is 46.5 Å². The third kappa shape index (κ3) is 3.87. The van der Waals surface area contributed by atoms with E-state index in [9.17, 15) is 4.79 Å². The van der Waals surface area contributed by atoms with Gasteiger partial charge in [0.25, 0.3) is 0 Å². The van der Waals surface area contributed by atoms with Crippen molar-refractivity contribution in [3.63, 3.8) is 0 Å². The summed E-state index contributed by atoms with van der Waals surface area (Å²) in [5.41, 5.74) is 0.255. The first-order valence-electron chi connectivity index (χ1n) is 4.48. The fourth-order valence-corrected chi connectivity index (χ4v) is 1.73. The van der Waals surface area contributed by atoms with E-state index in [1.165, 1.54) is 13.0 Å². The van der Waals surface area contributed by atoms with Crippen molar-refractivity contribution in [2.24, 2.45) is 0 Å². The average Bonchev–Trinajstić information content (AvgIpc) is 2.20. The zero-order valence-corrected chi connectivity index (χ0v) is 10.9.